The molecule has 2 heterocycles. The normalized spacial score (nSPS) is 16.0. The van der Waals surface area contributed by atoms with Gasteiger partial charge in [-0.3, -0.25) is 9.59 Å². The highest BCUT2D eigenvalue weighted by atomic mass is 16.2. The van der Waals surface area contributed by atoms with Crippen molar-refractivity contribution in [2.45, 2.75) is 51.1 Å². The van der Waals surface area contributed by atoms with Crippen LogP contribution in [0.4, 0.5) is 0 Å². The van der Waals surface area contributed by atoms with Crippen molar-refractivity contribution in [1.29, 1.82) is 0 Å². The molecule has 1 saturated carbocycles. The van der Waals surface area contributed by atoms with Gasteiger partial charge >= 0.3 is 0 Å². The molecule has 0 radical (unpaired) electrons. The molecule has 0 spiro atoms. The quantitative estimate of drug-likeness (QED) is 0.737. The Bertz CT molecular complexity index is 1010. The second-order valence-electron chi connectivity index (χ2n) is 7.19. The second kappa shape index (κ2) is 6.94. The highest BCUT2D eigenvalue weighted by Gasteiger charge is 2.19. The van der Waals surface area contributed by atoms with Gasteiger partial charge in [-0.05, 0) is 18.9 Å². The maximum Gasteiger partial charge on any atom is 0.291 e. The number of carbonyl (C=O) groups is 1. The third-order valence-corrected chi connectivity index (χ3v) is 5.39. The van der Waals surface area contributed by atoms with Crippen LogP contribution in [0.1, 0.15) is 38.5 Å². The highest BCUT2D eigenvalue weighted by Crippen LogP contribution is 2.26. The van der Waals surface area contributed by atoms with Gasteiger partial charge in [0.25, 0.3) is 5.56 Å². The largest absolute Gasteiger partial charge is 0.352 e. The summed E-state index contributed by atoms with van der Waals surface area (Å²) in [7, 11) is 1.63. The molecule has 1 aromatic carbocycles. The van der Waals surface area contributed by atoms with Gasteiger partial charge in [-0.15, -0.1) is 0 Å². The fourth-order valence-electron chi connectivity index (χ4n) is 4.05. The van der Waals surface area contributed by atoms with Gasteiger partial charge in [0, 0.05) is 29.4 Å². The first-order chi connectivity index (χ1) is 12.6. The van der Waals surface area contributed by atoms with Crippen LogP contribution in [-0.2, 0) is 18.4 Å². The topological polar surface area (TPSA) is 68.9 Å². The van der Waals surface area contributed by atoms with Gasteiger partial charge < -0.3 is 9.88 Å². The number of para-hydroxylation sites is 1. The summed E-state index contributed by atoms with van der Waals surface area (Å²) in [5.41, 5.74) is 1.25. The first kappa shape index (κ1) is 16.8. The summed E-state index contributed by atoms with van der Waals surface area (Å²) in [6.07, 6.45) is 8.65. The van der Waals surface area contributed by atoms with Gasteiger partial charge in [0.05, 0.1) is 6.20 Å². The van der Waals surface area contributed by atoms with E-state index in [9.17, 15) is 9.59 Å². The van der Waals surface area contributed by atoms with Crippen molar-refractivity contribution in [2.24, 2.45) is 7.05 Å². The standard InChI is InChI=1S/C20H24N4O2/c1-23-20(26)19-16(12-21-23)15-10-6-7-11-17(15)24(19)13-18(25)22-14-8-4-2-3-5-9-14/h6-7,10-12,14H,2-5,8-9,13H2,1H3,(H,22,25). The first-order valence-electron chi connectivity index (χ1n) is 9.38. The molecular weight excluding hydrogens is 328 g/mol. The van der Waals surface area contributed by atoms with Crippen molar-refractivity contribution in [3.05, 3.63) is 40.8 Å². The number of rotatable bonds is 3. The molecule has 1 fully saturated rings. The van der Waals surface area contributed by atoms with E-state index in [2.05, 4.69) is 10.4 Å². The van der Waals surface area contributed by atoms with Crippen LogP contribution in [0, 0.1) is 0 Å². The Morgan fingerprint density at radius 3 is 2.65 bits per heavy atom. The van der Waals surface area contributed by atoms with Gasteiger partial charge in [0.15, 0.2) is 0 Å². The van der Waals surface area contributed by atoms with Crippen molar-refractivity contribution < 1.29 is 4.79 Å². The predicted molar refractivity (Wildman–Crippen MR) is 102 cm³/mol. The van der Waals surface area contributed by atoms with Gasteiger partial charge in [0.1, 0.15) is 12.1 Å². The van der Waals surface area contributed by atoms with Crippen LogP contribution in [0.2, 0.25) is 0 Å². The Morgan fingerprint density at radius 2 is 1.88 bits per heavy atom. The van der Waals surface area contributed by atoms with E-state index in [1.807, 2.05) is 28.8 Å². The SMILES string of the molecule is Cn1ncc2c3ccccc3n(CC(=O)NC3CCCCCC3)c2c1=O. The Labute approximate surface area is 151 Å². The lowest BCUT2D eigenvalue weighted by atomic mass is 10.1. The van der Waals surface area contributed by atoms with Gasteiger partial charge in [-0.25, -0.2) is 4.68 Å². The van der Waals surface area contributed by atoms with Crippen LogP contribution in [0.3, 0.4) is 0 Å². The number of benzene rings is 1. The average Bonchev–Trinajstić information content (AvgIpc) is 2.78. The summed E-state index contributed by atoms with van der Waals surface area (Å²) in [5, 5.41) is 9.07. The van der Waals surface area contributed by atoms with E-state index < -0.39 is 0 Å². The molecule has 0 aliphatic heterocycles. The smallest absolute Gasteiger partial charge is 0.291 e. The average molecular weight is 352 g/mol. The van der Waals surface area contributed by atoms with Crippen LogP contribution in [0.5, 0.6) is 0 Å². The summed E-state index contributed by atoms with van der Waals surface area (Å²) in [6, 6.07) is 8.04. The maximum absolute atomic E-state index is 12.7. The minimum Gasteiger partial charge on any atom is -0.352 e. The fourth-order valence-corrected chi connectivity index (χ4v) is 4.05. The molecule has 1 N–H and O–H groups in total. The van der Waals surface area contributed by atoms with E-state index >= 15 is 0 Å². The lowest BCUT2D eigenvalue weighted by Crippen LogP contribution is -2.37. The van der Waals surface area contributed by atoms with Crippen molar-refractivity contribution in [3.63, 3.8) is 0 Å². The Kier molecular flexibility index (Phi) is 4.49. The third-order valence-electron chi connectivity index (χ3n) is 5.39. The number of hydrogen-bond acceptors (Lipinski definition) is 3. The number of nitrogens with one attached hydrogen (secondary N) is 1. The van der Waals surface area contributed by atoms with E-state index in [0.717, 1.165) is 29.1 Å². The first-order valence-corrected chi connectivity index (χ1v) is 9.38. The molecule has 2 aromatic heterocycles. The molecule has 1 amide bonds. The lowest BCUT2D eigenvalue weighted by molar-refractivity contribution is -0.122. The van der Waals surface area contributed by atoms with Crippen LogP contribution in [0.25, 0.3) is 21.8 Å². The zero-order valence-electron chi connectivity index (χ0n) is 15.1. The molecule has 6 nitrogen and oxygen atoms in total. The Hall–Kier alpha value is -2.63. The molecule has 26 heavy (non-hydrogen) atoms. The number of aryl methyl sites for hydroxylation is 1. The molecule has 136 valence electrons. The minimum absolute atomic E-state index is 0.0292. The van der Waals surface area contributed by atoms with Crippen LogP contribution >= 0.6 is 0 Å². The predicted octanol–water partition coefficient (Wildman–Crippen LogP) is 2.73. The number of hydrogen-bond donors (Lipinski definition) is 1. The molecule has 1 aliphatic carbocycles. The fraction of sp³-hybridized carbons (Fsp3) is 0.450. The molecule has 0 atom stereocenters. The summed E-state index contributed by atoms with van der Waals surface area (Å²) < 4.78 is 3.15. The third kappa shape index (κ3) is 3.00. The van der Waals surface area contributed by atoms with Gasteiger partial charge in [-0.2, -0.15) is 5.10 Å². The maximum atomic E-state index is 12.7. The summed E-state index contributed by atoms with van der Waals surface area (Å²) in [6.45, 7) is 0.153. The molecule has 1 aliphatic rings. The van der Waals surface area contributed by atoms with E-state index in [1.54, 1.807) is 13.2 Å². The number of nitrogens with zero attached hydrogens (tertiary/aromatic N) is 3. The molecule has 0 bridgehead atoms. The monoisotopic (exact) mass is 352 g/mol. The highest BCUT2D eigenvalue weighted by molar-refractivity contribution is 6.07. The number of aromatic nitrogens is 3. The summed E-state index contributed by atoms with van der Waals surface area (Å²) in [5.74, 6) is -0.0292. The summed E-state index contributed by atoms with van der Waals surface area (Å²) >= 11 is 0. The van der Waals surface area contributed by atoms with Crippen LogP contribution in [0.15, 0.2) is 35.3 Å². The number of fused-ring (bicyclic) bond motifs is 3. The zero-order chi connectivity index (χ0) is 18.1. The van der Waals surface area contributed by atoms with E-state index in [4.69, 9.17) is 0 Å². The molecular formula is C20H24N4O2. The van der Waals surface area contributed by atoms with Crippen molar-refractivity contribution in [1.82, 2.24) is 19.7 Å². The molecule has 3 aromatic rings. The van der Waals surface area contributed by atoms with Crippen LogP contribution < -0.4 is 10.9 Å². The van der Waals surface area contributed by atoms with Crippen molar-refractivity contribution >= 4 is 27.7 Å². The van der Waals surface area contributed by atoms with E-state index in [0.29, 0.717) is 5.52 Å². The second-order valence-corrected chi connectivity index (χ2v) is 7.19. The van der Waals surface area contributed by atoms with Crippen molar-refractivity contribution in [2.75, 3.05) is 0 Å². The van der Waals surface area contributed by atoms with Gasteiger partial charge in [0.2, 0.25) is 5.91 Å². The Balaban J connectivity index is 1.71. The van der Waals surface area contributed by atoms with Crippen molar-refractivity contribution in [3.8, 4) is 0 Å². The van der Waals surface area contributed by atoms with E-state index in [-0.39, 0.29) is 24.1 Å². The molecule has 0 unspecified atom stereocenters. The molecule has 6 heteroatoms. The molecule has 4 rings (SSSR count). The number of amides is 1. The number of carbonyl (C=O) groups excluding carboxylic acids is 1. The van der Waals surface area contributed by atoms with Gasteiger partial charge in [-0.1, -0.05) is 43.9 Å². The van der Waals surface area contributed by atoms with E-state index in [1.165, 1.54) is 30.4 Å². The molecule has 0 saturated heterocycles. The zero-order valence-corrected chi connectivity index (χ0v) is 15.1. The summed E-state index contributed by atoms with van der Waals surface area (Å²) in [4.78, 5) is 25.4. The Morgan fingerprint density at radius 1 is 1.15 bits per heavy atom. The lowest BCUT2D eigenvalue weighted by Gasteiger charge is -2.17. The minimum atomic E-state index is -0.180. The van der Waals surface area contributed by atoms with Crippen LogP contribution in [-0.4, -0.2) is 26.3 Å².